The van der Waals surface area contributed by atoms with E-state index >= 15 is 0 Å². The van der Waals surface area contributed by atoms with Gasteiger partial charge in [-0.1, -0.05) is 35.4 Å². The third kappa shape index (κ3) is 4.08. The number of carboxylic acids is 1. The van der Waals surface area contributed by atoms with Crippen molar-refractivity contribution >= 4 is 5.97 Å². The maximum absolute atomic E-state index is 14.8. The third-order valence-electron chi connectivity index (χ3n) is 4.34. The second-order valence-corrected chi connectivity index (χ2v) is 6.54. The molecule has 0 amide bonds. The van der Waals surface area contributed by atoms with Crippen LogP contribution in [0.5, 0.6) is 0 Å². The average molecular weight is 573 g/mol. The summed E-state index contributed by atoms with van der Waals surface area (Å²) in [4.78, 5) is 19.8. The topological polar surface area (TPSA) is 86.9 Å². The smallest absolute Gasteiger partial charge is 0.315 e. The molecule has 3 rings (SSSR count). The zero-order chi connectivity index (χ0) is 20.5. The fourth-order valence-electron chi connectivity index (χ4n) is 2.57. The summed E-state index contributed by atoms with van der Waals surface area (Å²) in [5.74, 6) is -3.28. The standard InChI is InChI=1S/C21H14F2N3O2.Pt/c1-21(2,20(27)28)17-8-5-7-16(26-17)13-10-12(15-6-3-4-9-25-15)18(22)14(11-24)19(13)23;/h3-9H,1-2H3,(H,27,28);/q-1;. The van der Waals surface area contributed by atoms with Crippen LogP contribution >= 0.6 is 0 Å². The Balaban J connectivity index is 0.00000300. The molecule has 1 aromatic carbocycles. The van der Waals surface area contributed by atoms with Crippen LogP contribution in [0.2, 0.25) is 0 Å². The van der Waals surface area contributed by atoms with E-state index in [2.05, 4.69) is 16.0 Å². The predicted octanol–water partition coefficient (Wildman–Crippen LogP) is 4.12. The number of pyridine rings is 2. The normalized spacial score (nSPS) is 10.7. The van der Waals surface area contributed by atoms with Crippen LogP contribution in [0.25, 0.3) is 22.5 Å². The summed E-state index contributed by atoms with van der Waals surface area (Å²) < 4.78 is 29.5. The molecule has 8 heteroatoms. The first-order valence-corrected chi connectivity index (χ1v) is 8.24. The molecule has 0 atom stereocenters. The molecule has 0 saturated heterocycles. The molecule has 0 bridgehead atoms. The number of benzene rings is 1. The maximum Gasteiger partial charge on any atom is 0.315 e. The molecule has 5 nitrogen and oxygen atoms in total. The first kappa shape index (κ1) is 22.3. The van der Waals surface area contributed by atoms with E-state index in [1.54, 1.807) is 12.1 Å². The van der Waals surface area contributed by atoms with Crippen molar-refractivity contribution in [3.8, 4) is 28.6 Å². The van der Waals surface area contributed by atoms with Gasteiger partial charge < -0.3 is 5.11 Å². The molecule has 2 heterocycles. The van der Waals surface area contributed by atoms with Gasteiger partial charge in [0, 0.05) is 44.3 Å². The number of aliphatic carboxylic acids is 1. The van der Waals surface area contributed by atoms with E-state index in [0.29, 0.717) is 0 Å². The van der Waals surface area contributed by atoms with Gasteiger partial charge in [-0.3, -0.25) is 23.5 Å². The Kier molecular flexibility index (Phi) is 6.61. The Morgan fingerprint density at radius 3 is 2.28 bits per heavy atom. The Bertz CT molecular complexity index is 1110. The molecule has 2 aromatic heterocycles. The molecule has 0 radical (unpaired) electrons. The van der Waals surface area contributed by atoms with Gasteiger partial charge in [-0.25, -0.2) is 0 Å². The van der Waals surface area contributed by atoms with Gasteiger partial charge in [-0.15, -0.1) is 6.07 Å². The Hall–Kier alpha value is -2.97. The minimum atomic E-state index is -1.33. The first-order valence-electron chi connectivity index (χ1n) is 8.24. The molecule has 0 unspecified atom stereocenters. The SMILES string of the molecule is CC(C)(C(=O)O)c1cccc(-c2[c-]c(-c3ccccn3)c(F)c(C#N)c2F)n1.[Pt]. The minimum Gasteiger partial charge on any atom is -0.481 e. The fraction of sp³-hybridized carbons (Fsp3) is 0.143. The second-order valence-electron chi connectivity index (χ2n) is 6.54. The predicted molar refractivity (Wildman–Crippen MR) is 97.0 cm³/mol. The molecule has 0 aliphatic rings. The molecule has 1 N–H and O–H groups in total. The van der Waals surface area contributed by atoms with Crippen molar-refractivity contribution < 1.29 is 39.7 Å². The van der Waals surface area contributed by atoms with E-state index in [4.69, 9.17) is 0 Å². The Morgan fingerprint density at radius 2 is 1.72 bits per heavy atom. The number of hydrogen-bond donors (Lipinski definition) is 1. The monoisotopic (exact) mass is 573 g/mol. The van der Waals surface area contributed by atoms with Crippen molar-refractivity contribution in [3.63, 3.8) is 0 Å². The van der Waals surface area contributed by atoms with Crippen molar-refractivity contribution in [1.82, 2.24) is 9.97 Å². The largest absolute Gasteiger partial charge is 0.481 e. The van der Waals surface area contributed by atoms with E-state index in [1.807, 2.05) is 0 Å². The number of hydrogen-bond acceptors (Lipinski definition) is 4. The summed E-state index contributed by atoms with van der Waals surface area (Å²) in [5, 5.41) is 18.6. The van der Waals surface area contributed by atoms with E-state index in [-0.39, 0.29) is 49.3 Å². The van der Waals surface area contributed by atoms with Gasteiger partial charge in [0.05, 0.1) is 23.3 Å². The van der Waals surface area contributed by atoms with Gasteiger partial charge in [-0.2, -0.15) is 5.26 Å². The zero-order valence-electron chi connectivity index (χ0n) is 15.3. The number of aromatic nitrogens is 2. The van der Waals surface area contributed by atoms with Crippen LogP contribution in [0.15, 0.2) is 42.6 Å². The van der Waals surface area contributed by atoms with Crippen molar-refractivity contribution in [2.24, 2.45) is 0 Å². The van der Waals surface area contributed by atoms with Gasteiger partial charge in [0.25, 0.3) is 0 Å². The van der Waals surface area contributed by atoms with Crippen LogP contribution in [0.4, 0.5) is 8.78 Å². The van der Waals surface area contributed by atoms with Crippen LogP contribution in [-0.2, 0) is 31.3 Å². The number of nitrogens with zero attached hydrogens (tertiary/aromatic N) is 3. The van der Waals surface area contributed by atoms with Gasteiger partial charge in [0.1, 0.15) is 5.41 Å². The van der Waals surface area contributed by atoms with Crippen molar-refractivity contribution in [2.75, 3.05) is 0 Å². The second kappa shape index (κ2) is 8.58. The van der Waals surface area contributed by atoms with E-state index in [0.717, 1.165) is 0 Å². The number of carboxylic acid groups (broad SMARTS) is 1. The van der Waals surface area contributed by atoms with Crippen molar-refractivity contribution in [3.05, 3.63) is 71.6 Å². The minimum absolute atomic E-state index is 0. The molecule has 0 aliphatic carbocycles. The van der Waals surface area contributed by atoms with E-state index < -0.39 is 28.6 Å². The third-order valence-corrected chi connectivity index (χ3v) is 4.34. The summed E-state index contributed by atoms with van der Waals surface area (Å²) in [6.07, 6.45) is 1.44. The Morgan fingerprint density at radius 1 is 1.10 bits per heavy atom. The van der Waals surface area contributed by atoms with E-state index in [9.17, 15) is 23.9 Å². The molecule has 150 valence electrons. The molecule has 0 fully saturated rings. The van der Waals surface area contributed by atoms with Gasteiger partial charge in [-0.05, 0) is 26.0 Å². The number of carbonyl (C=O) groups is 1. The zero-order valence-corrected chi connectivity index (χ0v) is 17.6. The number of halogens is 2. The summed E-state index contributed by atoms with van der Waals surface area (Å²) in [7, 11) is 0. The van der Waals surface area contributed by atoms with Crippen LogP contribution < -0.4 is 0 Å². The van der Waals surface area contributed by atoms with E-state index in [1.165, 1.54) is 50.4 Å². The first-order chi connectivity index (χ1) is 13.3. The van der Waals surface area contributed by atoms with Gasteiger partial charge in [0.15, 0.2) is 0 Å². The molecule has 0 spiro atoms. The molecule has 0 aliphatic heterocycles. The summed E-state index contributed by atoms with van der Waals surface area (Å²) in [5.41, 5.74) is -2.10. The quantitative estimate of drug-likeness (QED) is 0.475. The van der Waals surface area contributed by atoms with Gasteiger partial charge >= 0.3 is 5.97 Å². The van der Waals surface area contributed by atoms with Crippen molar-refractivity contribution in [1.29, 1.82) is 5.26 Å². The molecular weight excluding hydrogens is 559 g/mol. The summed E-state index contributed by atoms with van der Waals surface area (Å²) >= 11 is 0. The summed E-state index contributed by atoms with van der Waals surface area (Å²) in [6.45, 7) is 2.93. The van der Waals surface area contributed by atoms with Crippen LogP contribution in [0.1, 0.15) is 25.1 Å². The number of nitriles is 1. The van der Waals surface area contributed by atoms with Crippen molar-refractivity contribution in [2.45, 2.75) is 19.3 Å². The fourth-order valence-corrected chi connectivity index (χ4v) is 2.57. The van der Waals surface area contributed by atoms with Gasteiger partial charge in [0.2, 0.25) is 0 Å². The maximum atomic E-state index is 14.8. The average Bonchev–Trinajstić information content (AvgIpc) is 2.69. The molecule has 0 saturated carbocycles. The number of rotatable bonds is 4. The molecular formula is C21H14F2N3O2Pt-. The van der Waals surface area contributed by atoms with Crippen LogP contribution in [0.3, 0.4) is 0 Å². The molecule has 29 heavy (non-hydrogen) atoms. The molecule has 3 aromatic rings. The van der Waals surface area contributed by atoms with Crippen LogP contribution in [-0.4, -0.2) is 21.0 Å². The summed E-state index contributed by atoms with van der Waals surface area (Å²) in [6, 6.07) is 13.4. The Labute approximate surface area is 180 Å². The van der Waals surface area contributed by atoms with Crippen LogP contribution in [0, 0.1) is 29.0 Å².